The third kappa shape index (κ3) is 9.12. The first-order valence-electron chi connectivity index (χ1n) is 19.8. The monoisotopic (exact) mass is 821 g/mol. The minimum Gasteiger partial charge on any atom is -0.489 e. The second kappa shape index (κ2) is 17.8. The second-order valence-corrected chi connectivity index (χ2v) is 16.4. The van der Waals surface area contributed by atoms with E-state index in [2.05, 4.69) is 36.0 Å². The number of nitrogens with zero attached hydrogens (tertiary/aromatic N) is 2. The molecular weight excluding hydrogens is 773 g/mol. The molecule has 302 valence electrons. The Morgan fingerprint density at radius 1 is 0.931 bits per heavy atom. The fourth-order valence-corrected chi connectivity index (χ4v) is 8.39. The van der Waals surface area contributed by atoms with Crippen LogP contribution in [0.1, 0.15) is 72.4 Å². The van der Waals surface area contributed by atoms with Gasteiger partial charge < -0.3 is 24.6 Å². The van der Waals surface area contributed by atoms with Crippen LogP contribution in [0.25, 0.3) is 11.1 Å². The van der Waals surface area contributed by atoms with Crippen molar-refractivity contribution in [3.05, 3.63) is 140 Å². The molecule has 0 radical (unpaired) electrons. The highest BCUT2D eigenvalue weighted by Gasteiger charge is 2.39. The van der Waals surface area contributed by atoms with Crippen LogP contribution in [-0.4, -0.2) is 51.6 Å². The van der Waals surface area contributed by atoms with Gasteiger partial charge in [0.05, 0.1) is 16.1 Å². The molecule has 4 aromatic carbocycles. The molecule has 7 rings (SSSR count). The quantitative estimate of drug-likeness (QED) is 0.121. The number of aryl methyl sites for hydroxylation is 1. The fourth-order valence-electron chi connectivity index (χ4n) is 8.07. The van der Waals surface area contributed by atoms with Crippen molar-refractivity contribution >= 4 is 35.1 Å². The average Bonchev–Trinajstić information content (AvgIpc) is 3.21. The van der Waals surface area contributed by atoms with Gasteiger partial charge in [0, 0.05) is 30.9 Å². The molecule has 2 N–H and O–H groups in total. The van der Waals surface area contributed by atoms with Crippen LogP contribution >= 0.6 is 23.2 Å². The summed E-state index contributed by atoms with van der Waals surface area (Å²) in [4.78, 5) is 33.4. The summed E-state index contributed by atoms with van der Waals surface area (Å²) in [7, 11) is 0. The maximum absolute atomic E-state index is 14.2. The third-order valence-corrected chi connectivity index (χ3v) is 12.2. The van der Waals surface area contributed by atoms with Crippen molar-refractivity contribution in [2.24, 2.45) is 5.92 Å². The summed E-state index contributed by atoms with van der Waals surface area (Å²) in [6.07, 6.45) is 2.89. The van der Waals surface area contributed by atoms with Gasteiger partial charge in [0.25, 0.3) is 0 Å². The lowest BCUT2D eigenvalue weighted by Gasteiger charge is -2.43. The van der Waals surface area contributed by atoms with E-state index in [-0.39, 0.29) is 30.4 Å². The van der Waals surface area contributed by atoms with Crippen molar-refractivity contribution < 1.29 is 28.9 Å². The van der Waals surface area contributed by atoms with Gasteiger partial charge in [-0.05, 0) is 120 Å². The van der Waals surface area contributed by atoms with E-state index in [4.69, 9.17) is 37.4 Å². The molecule has 0 saturated carbocycles. The number of amides is 1. The maximum atomic E-state index is 14.2. The molecule has 11 heteroatoms. The van der Waals surface area contributed by atoms with Crippen molar-refractivity contribution in [3.63, 3.8) is 0 Å². The Morgan fingerprint density at radius 2 is 1.66 bits per heavy atom. The van der Waals surface area contributed by atoms with Crippen LogP contribution in [0.2, 0.25) is 10.0 Å². The number of aliphatic carboxylic acids is 1. The highest BCUT2D eigenvalue weighted by molar-refractivity contribution is 6.42. The van der Waals surface area contributed by atoms with E-state index >= 15 is 0 Å². The molecule has 1 amide bonds. The molecule has 0 aliphatic carbocycles. The molecule has 1 aromatic heterocycles. The van der Waals surface area contributed by atoms with Gasteiger partial charge in [-0.15, -0.1) is 0 Å². The molecule has 2 aliphatic rings. The molecule has 3 heterocycles. The number of hydrogen-bond acceptors (Lipinski definition) is 7. The first kappa shape index (κ1) is 41.1. The van der Waals surface area contributed by atoms with Crippen molar-refractivity contribution in [3.8, 4) is 28.4 Å². The lowest BCUT2D eigenvalue weighted by Crippen LogP contribution is -2.57. The molecule has 9 nitrogen and oxygen atoms in total. The SMILES string of the molecule is CCC(C(C)C)N1Cc2cc3c(cc2C[C@H]1C(=O)N[C@@H](Cc1ccc(-c2ccnc(C)c2C)cc1)C(=O)O)OC[C@H](c1ccc(OCc2ccc(Cl)c(Cl)c2)cc1)O3. The number of carboxylic acid groups (broad SMARTS) is 1. The van der Waals surface area contributed by atoms with Crippen LogP contribution in [0, 0.1) is 19.8 Å². The van der Waals surface area contributed by atoms with Crippen molar-refractivity contribution in [1.29, 1.82) is 0 Å². The second-order valence-electron chi connectivity index (χ2n) is 15.6. The Balaban J connectivity index is 1.04. The summed E-state index contributed by atoms with van der Waals surface area (Å²) >= 11 is 12.2. The van der Waals surface area contributed by atoms with Gasteiger partial charge in [0.2, 0.25) is 5.91 Å². The topological polar surface area (TPSA) is 110 Å². The smallest absolute Gasteiger partial charge is 0.326 e. The molecule has 1 unspecified atom stereocenters. The highest BCUT2D eigenvalue weighted by atomic mass is 35.5. The molecule has 58 heavy (non-hydrogen) atoms. The number of carbonyl (C=O) groups excluding carboxylic acids is 1. The van der Waals surface area contributed by atoms with E-state index in [9.17, 15) is 14.7 Å². The number of halogens is 2. The Hall–Kier alpha value is -5.09. The summed E-state index contributed by atoms with van der Waals surface area (Å²) in [5.74, 6) is 0.893. The Kier molecular flexibility index (Phi) is 12.6. The first-order valence-corrected chi connectivity index (χ1v) is 20.6. The number of fused-ring (bicyclic) bond motifs is 2. The van der Waals surface area contributed by atoms with Crippen LogP contribution in [-0.2, 0) is 35.6 Å². The van der Waals surface area contributed by atoms with Gasteiger partial charge in [0.1, 0.15) is 25.0 Å². The molecule has 0 fully saturated rings. The lowest BCUT2D eigenvalue weighted by atomic mass is 9.88. The standard InChI is InChI=1S/C47H49Cl2N3O6/c1-6-41(27(2)3)52-24-35-23-44-43(57-26-45(58-44)33-12-14-36(15-13-33)56-25-31-9-16-38(48)39(49)19-31)22-34(35)21-42(52)46(53)51-40(47(54)55)20-30-7-10-32(11-8-30)37-17-18-50-29(5)28(37)4/h7-19,22-23,27,40-42,45H,6,20-21,24-26H2,1-5H3,(H,51,53)(H,54,55)/t40-,41?,42-,45+/m0/s1. The van der Waals surface area contributed by atoms with Crippen molar-refractivity contribution in [2.45, 2.75) is 91.3 Å². The molecule has 0 spiro atoms. The van der Waals surface area contributed by atoms with Gasteiger partial charge in [-0.1, -0.05) is 86.4 Å². The van der Waals surface area contributed by atoms with E-state index in [1.165, 1.54) is 0 Å². The number of pyridine rings is 1. The summed E-state index contributed by atoms with van der Waals surface area (Å²) in [6.45, 7) is 11.7. The number of carboxylic acids is 1. The zero-order valence-electron chi connectivity index (χ0n) is 33.4. The number of ether oxygens (including phenoxy) is 3. The normalized spacial score (nSPS) is 17.3. The Bertz CT molecular complexity index is 2280. The van der Waals surface area contributed by atoms with E-state index in [1.807, 2.05) is 86.6 Å². The minimum absolute atomic E-state index is 0.0957. The predicted octanol–water partition coefficient (Wildman–Crippen LogP) is 9.74. The van der Waals surface area contributed by atoms with E-state index < -0.39 is 18.1 Å². The number of rotatable bonds is 13. The van der Waals surface area contributed by atoms with Gasteiger partial charge >= 0.3 is 5.97 Å². The highest BCUT2D eigenvalue weighted by Crippen LogP contribution is 2.42. The Morgan fingerprint density at radius 3 is 2.34 bits per heavy atom. The minimum atomic E-state index is -1.09. The van der Waals surface area contributed by atoms with Crippen LogP contribution < -0.4 is 19.5 Å². The first-order chi connectivity index (χ1) is 27.9. The fraction of sp³-hybridized carbons (Fsp3) is 0.340. The van der Waals surface area contributed by atoms with Crippen LogP contribution in [0.15, 0.2) is 91.1 Å². The molecule has 2 aliphatic heterocycles. The van der Waals surface area contributed by atoms with Crippen LogP contribution in [0.3, 0.4) is 0 Å². The number of nitrogens with one attached hydrogen (secondary N) is 1. The largest absolute Gasteiger partial charge is 0.489 e. The Labute approximate surface area is 350 Å². The molecular formula is C47H49Cl2N3O6. The van der Waals surface area contributed by atoms with Crippen molar-refractivity contribution in [1.82, 2.24) is 15.2 Å². The molecule has 0 saturated heterocycles. The summed E-state index contributed by atoms with van der Waals surface area (Å²) in [6, 6.07) is 25.5. The van der Waals surface area contributed by atoms with Gasteiger partial charge in [-0.25, -0.2) is 4.79 Å². The zero-order chi connectivity index (χ0) is 41.1. The maximum Gasteiger partial charge on any atom is 0.326 e. The molecule has 5 aromatic rings. The number of benzene rings is 4. The van der Waals surface area contributed by atoms with Gasteiger partial charge in [0.15, 0.2) is 17.6 Å². The average molecular weight is 823 g/mol. The summed E-state index contributed by atoms with van der Waals surface area (Å²) < 4.78 is 18.8. The zero-order valence-corrected chi connectivity index (χ0v) is 34.9. The predicted molar refractivity (Wildman–Crippen MR) is 227 cm³/mol. The van der Waals surface area contributed by atoms with E-state index in [0.29, 0.717) is 53.5 Å². The summed E-state index contributed by atoms with van der Waals surface area (Å²) in [5, 5.41) is 14.2. The van der Waals surface area contributed by atoms with E-state index in [1.54, 1.807) is 18.3 Å². The lowest BCUT2D eigenvalue weighted by molar-refractivity contribution is -0.143. The van der Waals surface area contributed by atoms with E-state index in [0.717, 1.165) is 56.6 Å². The molecule has 0 bridgehead atoms. The van der Waals surface area contributed by atoms with Gasteiger partial charge in [-0.3, -0.25) is 14.7 Å². The number of aromatic nitrogens is 1. The third-order valence-electron chi connectivity index (χ3n) is 11.4. The van der Waals surface area contributed by atoms with Crippen molar-refractivity contribution in [2.75, 3.05) is 6.61 Å². The molecule has 4 atom stereocenters. The number of carbonyl (C=O) groups is 2. The van der Waals surface area contributed by atoms with Crippen LogP contribution in [0.5, 0.6) is 17.2 Å². The summed E-state index contributed by atoms with van der Waals surface area (Å²) in [5.41, 5.74) is 8.94. The van der Waals surface area contributed by atoms with Crippen LogP contribution in [0.4, 0.5) is 0 Å². The van der Waals surface area contributed by atoms with Gasteiger partial charge in [-0.2, -0.15) is 0 Å². The number of hydrogen-bond donors (Lipinski definition) is 2.